The van der Waals surface area contributed by atoms with Crippen molar-refractivity contribution in [3.8, 4) is 0 Å². The summed E-state index contributed by atoms with van der Waals surface area (Å²) in [7, 11) is 0. The summed E-state index contributed by atoms with van der Waals surface area (Å²) in [4.78, 5) is 26.5. The van der Waals surface area contributed by atoms with Crippen LogP contribution in [0.3, 0.4) is 0 Å². The molecule has 1 aromatic rings. The van der Waals surface area contributed by atoms with Gasteiger partial charge in [-0.05, 0) is 33.8 Å². The fourth-order valence-corrected chi connectivity index (χ4v) is 1.25. The fraction of sp³-hybridized carbons (Fsp3) is 0.417. The van der Waals surface area contributed by atoms with E-state index in [1.54, 1.807) is 27.7 Å². The van der Waals surface area contributed by atoms with Gasteiger partial charge >= 0.3 is 12.1 Å². The first kappa shape index (κ1) is 14.0. The lowest BCUT2D eigenvalue weighted by atomic mass is 10.2. The van der Waals surface area contributed by atoms with E-state index in [9.17, 15) is 9.59 Å². The maximum Gasteiger partial charge on any atom is 0.412 e. The average molecular weight is 252 g/mol. The van der Waals surface area contributed by atoms with Crippen molar-refractivity contribution in [2.24, 2.45) is 0 Å². The number of aromatic carboxylic acids is 1. The number of aryl methyl sites for hydroxylation is 1. The van der Waals surface area contributed by atoms with Gasteiger partial charge in [-0.25, -0.2) is 9.59 Å². The van der Waals surface area contributed by atoms with Crippen molar-refractivity contribution in [3.05, 3.63) is 23.5 Å². The van der Waals surface area contributed by atoms with E-state index >= 15 is 0 Å². The number of ether oxygens (including phenoxy) is 1. The number of nitrogens with one attached hydrogen (secondary N) is 1. The number of anilines is 1. The summed E-state index contributed by atoms with van der Waals surface area (Å²) < 4.78 is 5.04. The second-order valence-electron chi connectivity index (χ2n) is 4.80. The third-order valence-corrected chi connectivity index (χ3v) is 1.91. The molecule has 6 heteroatoms. The van der Waals surface area contributed by atoms with Crippen LogP contribution in [-0.2, 0) is 4.74 Å². The number of carboxylic acid groups (broad SMARTS) is 1. The zero-order chi connectivity index (χ0) is 13.9. The molecule has 0 radical (unpaired) electrons. The van der Waals surface area contributed by atoms with Crippen LogP contribution in [0.15, 0.2) is 12.3 Å². The van der Waals surface area contributed by atoms with E-state index in [0.29, 0.717) is 5.69 Å². The highest BCUT2D eigenvalue weighted by Gasteiger charge is 2.19. The van der Waals surface area contributed by atoms with Crippen LogP contribution in [0.25, 0.3) is 0 Å². The van der Waals surface area contributed by atoms with E-state index < -0.39 is 17.7 Å². The Labute approximate surface area is 105 Å². The highest BCUT2D eigenvalue weighted by atomic mass is 16.6. The van der Waals surface area contributed by atoms with Crippen molar-refractivity contribution in [2.45, 2.75) is 33.3 Å². The van der Waals surface area contributed by atoms with Gasteiger partial charge in [-0.2, -0.15) is 0 Å². The summed E-state index contributed by atoms with van der Waals surface area (Å²) in [5.41, 5.74) is 0.00356. The second kappa shape index (κ2) is 5.03. The number of pyridine rings is 1. The minimum absolute atomic E-state index is 0.0200. The van der Waals surface area contributed by atoms with Crippen molar-refractivity contribution in [1.82, 2.24) is 4.98 Å². The SMILES string of the molecule is Cc1cc(C(=O)O)c(NC(=O)OC(C)(C)C)cn1. The first-order chi connectivity index (χ1) is 8.19. The largest absolute Gasteiger partial charge is 0.478 e. The second-order valence-corrected chi connectivity index (χ2v) is 4.80. The van der Waals surface area contributed by atoms with Crippen LogP contribution in [-0.4, -0.2) is 27.8 Å². The Kier molecular flexibility index (Phi) is 3.90. The van der Waals surface area contributed by atoms with Crippen molar-refractivity contribution in [1.29, 1.82) is 0 Å². The van der Waals surface area contributed by atoms with Crippen molar-refractivity contribution >= 4 is 17.7 Å². The summed E-state index contributed by atoms with van der Waals surface area (Å²) in [6.45, 7) is 6.83. The number of rotatable bonds is 2. The predicted molar refractivity (Wildman–Crippen MR) is 65.8 cm³/mol. The number of aromatic nitrogens is 1. The van der Waals surface area contributed by atoms with Gasteiger partial charge in [0.15, 0.2) is 0 Å². The smallest absolute Gasteiger partial charge is 0.412 e. The predicted octanol–water partition coefficient (Wildman–Crippen LogP) is 2.44. The van der Waals surface area contributed by atoms with Crippen LogP contribution in [0, 0.1) is 6.92 Å². The van der Waals surface area contributed by atoms with Crippen LogP contribution < -0.4 is 5.32 Å². The van der Waals surface area contributed by atoms with E-state index in [2.05, 4.69) is 10.3 Å². The van der Waals surface area contributed by atoms with Gasteiger partial charge in [0.25, 0.3) is 0 Å². The van der Waals surface area contributed by atoms with Gasteiger partial charge < -0.3 is 9.84 Å². The quantitative estimate of drug-likeness (QED) is 0.843. The van der Waals surface area contributed by atoms with Crippen molar-refractivity contribution in [2.75, 3.05) is 5.32 Å². The number of carbonyl (C=O) groups excluding carboxylic acids is 1. The molecule has 1 heterocycles. The average Bonchev–Trinajstić information content (AvgIpc) is 2.17. The monoisotopic (exact) mass is 252 g/mol. The van der Waals surface area contributed by atoms with Crippen LogP contribution >= 0.6 is 0 Å². The lowest BCUT2D eigenvalue weighted by Gasteiger charge is -2.20. The van der Waals surface area contributed by atoms with E-state index in [4.69, 9.17) is 9.84 Å². The zero-order valence-corrected chi connectivity index (χ0v) is 10.8. The molecule has 0 fully saturated rings. The highest BCUT2D eigenvalue weighted by Crippen LogP contribution is 2.17. The first-order valence-electron chi connectivity index (χ1n) is 5.39. The molecule has 0 saturated carbocycles. The maximum atomic E-state index is 11.5. The molecule has 0 saturated heterocycles. The summed E-state index contributed by atoms with van der Waals surface area (Å²) in [6, 6.07) is 1.38. The molecule has 0 unspecified atom stereocenters. The van der Waals surface area contributed by atoms with E-state index in [1.807, 2.05) is 0 Å². The molecule has 0 aromatic carbocycles. The molecule has 0 aliphatic rings. The van der Waals surface area contributed by atoms with Gasteiger partial charge in [-0.1, -0.05) is 0 Å². The number of amides is 1. The van der Waals surface area contributed by atoms with Gasteiger partial charge in [0.1, 0.15) is 5.60 Å². The molecular formula is C12H16N2O4. The Morgan fingerprint density at radius 3 is 2.50 bits per heavy atom. The van der Waals surface area contributed by atoms with E-state index in [-0.39, 0.29) is 11.3 Å². The molecule has 18 heavy (non-hydrogen) atoms. The molecule has 1 amide bonds. The van der Waals surface area contributed by atoms with Crippen molar-refractivity contribution < 1.29 is 19.4 Å². The lowest BCUT2D eigenvalue weighted by Crippen LogP contribution is -2.27. The Bertz CT molecular complexity index is 477. The Morgan fingerprint density at radius 1 is 1.39 bits per heavy atom. The fourth-order valence-electron chi connectivity index (χ4n) is 1.25. The molecule has 0 bridgehead atoms. The molecule has 98 valence electrons. The summed E-state index contributed by atoms with van der Waals surface area (Å²) in [5.74, 6) is -1.13. The molecule has 2 N–H and O–H groups in total. The minimum Gasteiger partial charge on any atom is -0.478 e. The highest BCUT2D eigenvalue weighted by molar-refractivity contribution is 5.98. The molecule has 1 rings (SSSR count). The Hall–Kier alpha value is -2.11. The topological polar surface area (TPSA) is 88.5 Å². The molecule has 0 atom stereocenters. The number of carbonyl (C=O) groups is 2. The summed E-state index contributed by atoms with van der Waals surface area (Å²) >= 11 is 0. The zero-order valence-electron chi connectivity index (χ0n) is 10.8. The van der Waals surface area contributed by atoms with Crippen LogP contribution in [0.1, 0.15) is 36.8 Å². The molecule has 0 spiro atoms. The lowest BCUT2D eigenvalue weighted by molar-refractivity contribution is 0.0636. The molecule has 0 aliphatic carbocycles. The number of hydrogen-bond donors (Lipinski definition) is 2. The molecule has 6 nitrogen and oxygen atoms in total. The van der Waals surface area contributed by atoms with Crippen LogP contribution in [0.2, 0.25) is 0 Å². The number of carboxylic acids is 1. The summed E-state index contributed by atoms with van der Waals surface area (Å²) in [6.07, 6.45) is 0.582. The molecular weight excluding hydrogens is 236 g/mol. The number of nitrogens with zero attached hydrogens (tertiary/aromatic N) is 1. The van der Waals surface area contributed by atoms with Crippen LogP contribution in [0.4, 0.5) is 10.5 Å². The maximum absolute atomic E-state index is 11.5. The van der Waals surface area contributed by atoms with Gasteiger partial charge in [0.2, 0.25) is 0 Å². The minimum atomic E-state index is -1.13. The third kappa shape index (κ3) is 4.04. The van der Waals surface area contributed by atoms with E-state index in [0.717, 1.165) is 0 Å². The first-order valence-corrected chi connectivity index (χ1v) is 5.39. The van der Waals surface area contributed by atoms with Gasteiger partial charge in [0, 0.05) is 5.69 Å². The Morgan fingerprint density at radius 2 is 2.00 bits per heavy atom. The number of hydrogen-bond acceptors (Lipinski definition) is 4. The normalized spacial score (nSPS) is 10.9. The third-order valence-electron chi connectivity index (χ3n) is 1.91. The van der Waals surface area contributed by atoms with Crippen LogP contribution in [0.5, 0.6) is 0 Å². The standard InChI is InChI=1S/C12H16N2O4/c1-7-5-8(10(15)16)9(6-13-7)14-11(17)18-12(2,3)4/h5-6H,1-4H3,(H,14,17)(H,15,16). The Balaban J connectivity index is 2.91. The van der Waals surface area contributed by atoms with Crippen molar-refractivity contribution in [3.63, 3.8) is 0 Å². The summed E-state index contributed by atoms with van der Waals surface area (Å²) in [5, 5.41) is 11.4. The van der Waals surface area contributed by atoms with Gasteiger partial charge in [-0.3, -0.25) is 10.3 Å². The van der Waals surface area contributed by atoms with Gasteiger partial charge in [-0.15, -0.1) is 0 Å². The molecule has 1 aromatic heterocycles. The van der Waals surface area contributed by atoms with Gasteiger partial charge in [0.05, 0.1) is 17.4 Å². The molecule has 0 aliphatic heterocycles. The van der Waals surface area contributed by atoms with E-state index in [1.165, 1.54) is 12.3 Å².